The van der Waals surface area contributed by atoms with Crippen molar-refractivity contribution in [3.63, 3.8) is 0 Å². The smallest absolute Gasteiger partial charge is 0.363 e. The summed E-state index contributed by atoms with van der Waals surface area (Å²) < 4.78 is 53.4. The number of benzene rings is 2. The first kappa shape index (κ1) is 22.6. The Morgan fingerprint density at radius 2 is 1.91 bits per heavy atom. The van der Waals surface area contributed by atoms with Gasteiger partial charge in [0.15, 0.2) is 5.69 Å². The van der Waals surface area contributed by atoms with Gasteiger partial charge in [0, 0.05) is 6.54 Å². The summed E-state index contributed by atoms with van der Waals surface area (Å²) in [4.78, 5) is 12.2. The molecule has 0 amide bonds. The second kappa shape index (κ2) is 9.13. The Morgan fingerprint density at radius 3 is 2.64 bits per heavy atom. The molecule has 14 heteroatoms. The van der Waals surface area contributed by atoms with Crippen LogP contribution in [0.2, 0.25) is 5.02 Å². The topological polar surface area (TPSA) is 142 Å². The molecule has 0 bridgehead atoms. The van der Waals surface area contributed by atoms with Crippen molar-refractivity contribution in [2.75, 3.05) is 18.5 Å². The largest absolute Gasteiger partial charge is 0.446 e. The van der Waals surface area contributed by atoms with Gasteiger partial charge in [-0.1, -0.05) is 34.5 Å². The van der Waals surface area contributed by atoms with Crippen LogP contribution in [-0.2, 0) is 14.3 Å². The number of nitrogens with one attached hydrogen (secondary N) is 1. The van der Waals surface area contributed by atoms with E-state index in [1.54, 1.807) is 12.1 Å². The molecule has 0 aliphatic carbocycles. The molecule has 2 heterocycles. The first-order valence-corrected chi connectivity index (χ1v) is 11.1. The third-order valence-electron chi connectivity index (χ3n) is 4.41. The van der Waals surface area contributed by atoms with Gasteiger partial charge in [-0.2, -0.15) is 8.42 Å². The molecular weight excluding hydrogens is 481 g/mol. The van der Waals surface area contributed by atoms with Gasteiger partial charge in [-0.25, -0.2) is 18.4 Å². The second-order valence-corrected chi connectivity index (χ2v) is 8.71. The highest BCUT2D eigenvalue weighted by Crippen LogP contribution is 2.26. The number of hydrogen-bond donors (Lipinski definition) is 1. The van der Waals surface area contributed by atoms with Crippen molar-refractivity contribution in [3.05, 3.63) is 69.4 Å². The van der Waals surface area contributed by atoms with Crippen LogP contribution in [0.5, 0.6) is 0 Å². The van der Waals surface area contributed by atoms with E-state index in [2.05, 4.69) is 20.8 Å². The Hall–Kier alpha value is -3.55. The molecule has 0 radical (unpaired) electrons. The summed E-state index contributed by atoms with van der Waals surface area (Å²) in [5.74, 6) is -1.60. The molecule has 4 aromatic rings. The second-order valence-electron chi connectivity index (χ2n) is 6.68. The Morgan fingerprint density at radius 1 is 1.15 bits per heavy atom. The maximum absolute atomic E-state index is 13.5. The normalized spacial score (nSPS) is 11.6. The van der Waals surface area contributed by atoms with Crippen molar-refractivity contribution >= 4 is 27.5 Å². The molecule has 172 valence electrons. The SMILES string of the molecule is Cc1ccc(S(=O)(=O)OCCNc2nonc2-c2noc(=O)n2-c2ccc(F)c(Cl)c2)cc1. The van der Waals surface area contributed by atoms with Crippen LogP contribution in [0, 0.1) is 12.7 Å². The molecule has 33 heavy (non-hydrogen) atoms. The third-order valence-corrected chi connectivity index (χ3v) is 6.03. The highest BCUT2D eigenvalue weighted by atomic mass is 35.5. The molecule has 2 aromatic heterocycles. The van der Waals surface area contributed by atoms with Gasteiger partial charge in [0.2, 0.25) is 11.6 Å². The van der Waals surface area contributed by atoms with Gasteiger partial charge in [-0.15, -0.1) is 0 Å². The van der Waals surface area contributed by atoms with Crippen LogP contribution >= 0.6 is 11.6 Å². The van der Waals surface area contributed by atoms with Crippen LogP contribution in [-0.4, -0.2) is 41.6 Å². The fourth-order valence-electron chi connectivity index (χ4n) is 2.80. The van der Waals surface area contributed by atoms with E-state index < -0.39 is 21.7 Å². The molecule has 0 aliphatic rings. The van der Waals surface area contributed by atoms with E-state index in [1.165, 1.54) is 24.3 Å². The number of rotatable bonds is 8. The van der Waals surface area contributed by atoms with Gasteiger partial charge in [0.1, 0.15) is 5.82 Å². The number of anilines is 1. The van der Waals surface area contributed by atoms with Crippen LogP contribution in [0.4, 0.5) is 10.2 Å². The van der Waals surface area contributed by atoms with Crippen molar-refractivity contribution in [2.24, 2.45) is 0 Å². The summed E-state index contributed by atoms with van der Waals surface area (Å²) in [6.07, 6.45) is 0. The van der Waals surface area contributed by atoms with Crippen LogP contribution < -0.4 is 11.1 Å². The zero-order valence-electron chi connectivity index (χ0n) is 16.9. The van der Waals surface area contributed by atoms with Gasteiger partial charge < -0.3 is 5.32 Å². The van der Waals surface area contributed by atoms with Gasteiger partial charge in [-0.3, -0.25) is 8.71 Å². The van der Waals surface area contributed by atoms with Gasteiger partial charge in [-0.05, 0) is 47.6 Å². The average molecular weight is 496 g/mol. The zero-order valence-corrected chi connectivity index (χ0v) is 18.4. The minimum atomic E-state index is -3.94. The van der Waals surface area contributed by atoms with Crippen molar-refractivity contribution in [1.29, 1.82) is 0 Å². The van der Waals surface area contributed by atoms with Crippen molar-refractivity contribution in [1.82, 2.24) is 20.0 Å². The van der Waals surface area contributed by atoms with Gasteiger partial charge in [0.25, 0.3) is 10.1 Å². The number of nitrogens with zero attached hydrogens (tertiary/aromatic N) is 4. The molecule has 0 saturated carbocycles. The number of aromatic nitrogens is 4. The molecule has 0 atom stereocenters. The van der Waals surface area contributed by atoms with E-state index >= 15 is 0 Å². The Labute approximate surface area is 190 Å². The Kier molecular flexibility index (Phi) is 6.26. The first-order chi connectivity index (χ1) is 15.8. The minimum absolute atomic E-state index is 0.00321. The molecule has 1 N–H and O–H groups in total. The van der Waals surface area contributed by atoms with Gasteiger partial charge >= 0.3 is 5.76 Å². The predicted octanol–water partition coefficient (Wildman–Crippen LogP) is 2.79. The first-order valence-electron chi connectivity index (χ1n) is 9.33. The summed E-state index contributed by atoms with van der Waals surface area (Å²) in [5.41, 5.74) is 1.07. The zero-order chi connectivity index (χ0) is 23.6. The molecular formula is C19H15ClFN5O6S. The summed E-state index contributed by atoms with van der Waals surface area (Å²) in [6.45, 7) is 1.60. The molecule has 0 saturated heterocycles. The molecule has 4 rings (SSSR count). The fourth-order valence-corrected chi connectivity index (χ4v) is 3.88. The van der Waals surface area contributed by atoms with E-state index in [4.69, 9.17) is 24.9 Å². The lowest BCUT2D eigenvalue weighted by Crippen LogP contribution is -2.16. The van der Waals surface area contributed by atoms with Crippen LogP contribution in [0.25, 0.3) is 17.2 Å². The number of aryl methyl sites for hydroxylation is 1. The lowest BCUT2D eigenvalue weighted by Gasteiger charge is -2.07. The molecule has 0 unspecified atom stereocenters. The molecule has 11 nitrogen and oxygen atoms in total. The quantitative estimate of drug-likeness (QED) is 0.286. The summed E-state index contributed by atoms with van der Waals surface area (Å²) in [6, 6.07) is 9.80. The average Bonchev–Trinajstić information content (AvgIpc) is 3.39. The van der Waals surface area contributed by atoms with E-state index in [0.717, 1.165) is 16.2 Å². The number of hydrogen-bond acceptors (Lipinski definition) is 10. The predicted molar refractivity (Wildman–Crippen MR) is 113 cm³/mol. The van der Waals surface area contributed by atoms with E-state index in [0.29, 0.717) is 0 Å². The maximum atomic E-state index is 13.5. The van der Waals surface area contributed by atoms with Crippen molar-refractivity contribution < 1.29 is 26.1 Å². The van der Waals surface area contributed by atoms with Crippen LogP contribution in [0.1, 0.15) is 5.56 Å². The lowest BCUT2D eigenvalue weighted by molar-refractivity contribution is 0.308. The summed E-state index contributed by atoms with van der Waals surface area (Å²) >= 11 is 5.80. The van der Waals surface area contributed by atoms with Crippen LogP contribution in [0.3, 0.4) is 0 Å². The van der Waals surface area contributed by atoms with Gasteiger partial charge in [0.05, 0.1) is 22.2 Å². The Bertz CT molecular complexity index is 1450. The fraction of sp³-hybridized carbons (Fsp3) is 0.158. The minimum Gasteiger partial charge on any atom is -0.363 e. The maximum Gasteiger partial charge on any atom is 0.446 e. The third kappa shape index (κ3) is 4.79. The van der Waals surface area contributed by atoms with Crippen molar-refractivity contribution in [2.45, 2.75) is 11.8 Å². The highest BCUT2D eigenvalue weighted by molar-refractivity contribution is 7.86. The number of halogens is 2. The standard InChI is InChI=1S/C19H15ClFN5O6S/c1-11-2-5-13(6-3-11)33(28,29)30-9-8-22-17-16(23-32-24-17)18-25-31-19(27)26(18)12-4-7-15(21)14(20)10-12/h2-7,10H,8-9H2,1H3,(H,22,24). The van der Waals surface area contributed by atoms with E-state index in [-0.39, 0.29) is 46.1 Å². The Balaban J connectivity index is 1.49. The lowest BCUT2D eigenvalue weighted by atomic mass is 10.2. The van der Waals surface area contributed by atoms with E-state index in [1.807, 2.05) is 6.92 Å². The molecule has 2 aromatic carbocycles. The summed E-state index contributed by atoms with van der Waals surface area (Å²) in [5, 5.41) is 13.6. The summed E-state index contributed by atoms with van der Waals surface area (Å²) in [7, 11) is -3.94. The molecule has 0 spiro atoms. The van der Waals surface area contributed by atoms with E-state index in [9.17, 15) is 17.6 Å². The monoisotopic (exact) mass is 495 g/mol. The van der Waals surface area contributed by atoms with Crippen molar-refractivity contribution in [3.8, 4) is 17.2 Å². The van der Waals surface area contributed by atoms with Crippen LogP contribution in [0.15, 0.2) is 61.3 Å². The molecule has 0 aliphatic heterocycles. The highest BCUT2D eigenvalue weighted by Gasteiger charge is 2.23. The molecule has 0 fully saturated rings.